The van der Waals surface area contributed by atoms with Crippen LogP contribution in [0.1, 0.15) is 12.8 Å². The van der Waals surface area contributed by atoms with Gasteiger partial charge in [0.25, 0.3) is 0 Å². The quantitative estimate of drug-likeness (QED) is 0.281. The Morgan fingerprint density at radius 1 is 0.886 bits per heavy atom. The lowest BCUT2D eigenvalue weighted by Crippen LogP contribution is -2.20. The third-order valence-electron chi connectivity index (χ3n) is 6.80. The highest BCUT2D eigenvalue weighted by Crippen LogP contribution is 2.38. The summed E-state index contributed by atoms with van der Waals surface area (Å²) >= 11 is 0. The van der Waals surface area contributed by atoms with Gasteiger partial charge in [-0.3, -0.25) is 4.98 Å². The summed E-state index contributed by atoms with van der Waals surface area (Å²) in [4.78, 5) is 12.1. The number of methoxy groups -OCH3 is 2. The van der Waals surface area contributed by atoms with Crippen molar-refractivity contribution in [2.45, 2.75) is 12.8 Å². The van der Waals surface area contributed by atoms with Crippen LogP contribution in [0.5, 0.6) is 11.5 Å². The summed E-state index contributed by atoms with van der Waals surface area (Å²) in [5.41, 5.74) is 7.04. The number of aromatic nitrogens is 3. The molecule has 35 heavy (non-hydrogen) atoms. The van der Waals surface area contributed by atoms with Crippen LogP contribution in [0.4, 0.5) is 11.4 Å². The van der Waals surface area contributed by atoms with Crippen LogP contribution < -0.4 is 14.4 Å². The number of aryl methyl sites for hydroxylation is 1. The Balaban J connectivity index is 1.42. The zero-order valence-electron chi connectivity index (χ0n) is 20.2. The van der Waals surface area contributed by atoms with Gasteiger partial charge in [-0.05, 0) is 55.2 Å². The molecule has 0 saturated heterocycles. The molecule has 2 heterocycles. The highest BCUT2D eigenvalue weighted by molar-refractivity contribution is 5.87. The molecule has 0 unspecified atom stereocenters. The summed E-state index contributed by atoms with van der Waals surface area (Å²) in [5, 5.41) is 1.20. The average Bonchev–Trinajstić information content (AvgIpc) is 3.66. The van der Waals surface area contributed by atoms with E-state index < -0.39 is 0 Å². The van der Waals surface area contributed by atoms with Crippen molar-refractivity contribution in [3.8, 4) is 22.8 Å². The van der Waals surface area contributed by atoms with Gasteiger partial charge in [0.05, 0.1) is 37.1 Å². The van der Waals surface area contributed by atoms with Crippen molar-refractivity contribution in [2.75, 3.05) is 25.7 Å². The van der Waals surface area contributed by atoms with Crippen molar-refractivity contribution in [1.82, 2.24) is 14.5 Å². The fraction of sp³-hybridized carbons (Fsp3) is 0.241. The van der Waals surface area contributed by atoms with Crippen LogP contribution in [-0.4, -0.2) is 35.3 Å². The van der Waals surface area contributed by atoms with Crippen molar-refractivity contribution >= 4 is 33.3 Å². The fourth-order valence-corrected chi connectivity index (χ4v) is 4.61. The average molecular weight is 465 g/mol. The lowest BCUT2D eigenvalue weighted by atomic mass is 10.1. The normalized spacial score (nSPS) is 13.3. The van der Waals surface area contributed by atoms with Gasteiger partial charge in [0.1, 0.15) is 11.5 Å². The highest BCUT2D eigenvalue weighted by Gasteiger charge is 2.26. The van der Waals surface area contributed by atoms with E-state index in [1.807, 2.05) is 12.3 Å². The maximum absolute atomic E-state index is 5.54. The lowest BCUT2D eigenvalue weighted by Gasteiger charge is -2.26. The SMILES string of the molecule is COc1cc(OC)cc(N(CC2CC2)c2ccc3ncc(-c4ccc5c(ccn5C)c4)nc3c2)c1. The first-order chi connectivity index (χ1) is 17.1. The Morgan fingerprint density at radius 2 is 1.69 bits per heavy atom. The van der Waals surface area contributed by atoms with Gasteiger partial charge in [-0.2, -0.15) is 0 Å². The standard InChI is InChI=1S/C29H28N4O2/c1-32-11-10-21-12-20(6-9-29(21)32)28-17-30-26-8-7-22(15-27(26)31-28)33(18-19-4-5-19)23-13-24(34-2)16-25(14-23)35-3/h6-17,19H,4-5,18H2,1-3H3. The van der Waals surface area contributed by atoms with E-state index in [0.29, 0.717) is 5.92 Å². The van der Waals surface area contributed by atoms with Crippen molar-refractivity contribution in [3.63, 3.8) is 0 Å². The molecule has 176 valence electrons. The molecule has 1 saturated carbocycles. The first-order valence-corrected chi connectivity index (χ1v) is 11.9. The second-order valence-corrected chi connectivity index (χ2v) is 9.25. The summed E-state index contributed by atoms with van der Waals surface area (Å²) in [5.74, 6) is 2.25. The summed E-state index contributed by atoms with van der Waals surface area (Å²) < 4.78 is 13.2. The maximum atomic E-state index is 5.54. The van der Waals surface area contributed by atoms with Gasteiger partial charge in [-0.1, -0.05) is 6.07 Å². The molecule has 3 aromatic carbocycles. The van der Waals surface area contributed by atoms with Gasteiger partial charge < -0.3 is 18.9 Å². The smallest absolute Gasteiger partial charge is 0.124 e. The Hall–Kier alpha value is -4.06. The minimum absolute atomic E-state index is 0.693. The Bertz CT molecular complexity index is 1510. The van der Waals surface area contributed by atoms with Gasteiger partial charge in [0.2, 0.25) is 0 Å². The van der Waals surface area contributed by atoms with E-state index in [9.17, 15) is 0 Å². The van der Waals surface area contributed by atoms with Gasteiger partial charge in [-0.25, -0.2) is 4.98 Å². The lowest BCUT2D eigenvalue weighted by molar-refractivity contribution is 0.394. The van der Waals surface area contributed by atoms with Crippen LogP contribution in [0.15, 0.2) is 73.1 Å². The Morgan fingerprint density at radius 3 is 2.43 bits per heavy atom. The molecule has 1 aliphatic rings. The number of benzene rings is 3. The molecule has 6 heteroatoms. The third-order valence-corrected chi connectivity index (χ3v) is 6.80. The topological polar surface area (TPSA) is 52.4 Å². The Labute approximate surface area is 204 Å². The van der Waals surface area contributed by atoms with Crippen LogP contribution in [0.25, 0.3) is 33.2 Å². The van der Waals surface area contributed by atoms with Crippen LogP contribution in [0.2, 0.25) is 0 Å². The molecule has 1 aliphatic carbocycles. The number of anilines is 2. The molecule has 0 spiro atoms. The van der Waals surface area contributed by atoms with Gasteiger partial charge in [0, 0.05) is 65.8 Å². The summed E-state index contributed by atoms with van der Waals surface area (Å²) in [6.45, 7) is 0.944. The predicted molar refractivity (Wildman–Crippen MR) is 141 cm³/mol. The molecular formula is C29H28N4O2. The van der Waals surface area contributed by atoms with Crippen LogP contribution in [0.3, 0.4) is 0 Å². The molecule has 5 aromatic rings. The monoisotopic (exact) mass is 464 g/mol. The van der Waals surface area contributed by atoms with E-state index in [4.69, 9.17) is 19.4 Å². The van der Waals surface area contributed by atoms with Gasteiger partial charge in [-0.15, -0.1) is 0 Å². The van der Waals surface area contributed by atoms with Gasteiger partial charge >= 0.3 is 0 Å². The zero-order valence-corrected chi connectivity index (χ0v) is 20.2. The van der Waals surface area contributed by atoms with Gasteiger partial charge in [0.15, 0.2) is 0 Å². The zero-order chi connectivity index (χ0) is 23.9. The van der Waals surface area contributed by atoms with E-state index in [1.54, 1.807) is 14.2 Å². The largest absolute Gasteiger partial charge is 0.497 e. The first kappa shape index (κ1) is 21.5. The molecule has 0 bridgehead atoms. The summed E-state index contributed by atoms with van der Waals surface area (Å²) in [6.07, 6.45) is 6.46. The van der Waals surface area contributed by atoms with Crippen LogP contribution in [0, 0.1) is 5.92 Å². The number of nitrogens with zero attached hydrogens (tertiary/aromatic N) is 4. The molecule has 0 amide bonds. The molecule has 0 N–H and O–H groups in total. The van der Waals surface area contributed by atoms with Crippen molar-refractivity contribution in [1.29, 1.82) is 0 Å². The number of ether oxygens (including phenoxy) is 2. The molecule has 2 aromatic heterocycles. The first-order valence-electron chi connectivity index (χ1n) is 11.9. The maximum Gasteiger partial charge on any atom is 0.124 e. The molecule has 0 aliphatic heterocycles. The number of rotatable bonds is 7. The minimum atomic E-state index is 0.693. The molecule has 1 fully saturated rings. The molecule has 0 atom stereocenters. The second-order valence-electron chi connectivity index (χ2n) is 9.25. The van der Waals surface area contributed by atoms with E-state index in [-0.39, 0.29) is 0 Å². The van der Waals surface area contributed by atoms with Crippen LogP contribution >= 0.6 is 0 Å². The summed E-state index contributed by atoms with van der Waals surface area (Å²) in [6, 6.07) is 20.9. The third kappa shape index (κ3) is 4.16. The molecule has 6 rings (SSSR count). The van der Waals surface area contributed by atoms with E-state index in [2.05, 4.69) is 77.3 Å². The second kappa shape index (κ2) is 8.62. The summed E-state index contributed by atoms with van der Waals surface area (Å²) in [7, 11) is 5.43. The molecular weight excluding hydrogens is 436 g/mol. The van der Waals surface area contributed by atoms with E-state index >= 15 is 0 Å². The molecule has 6 nitrogen and oxygen atoms in total. The van der Waals surface area contributed by atoms with Crippen molar-refractivity contribution in [3.05, 3.63) is 73.1 Å². The van der Waals surface area contributed by atoms with Crippen LogP contribution in [-0.2, 0) is 7.05 Å². The number of hydrogen-bond acceptors (Lipinski definition) is 5. The highest BCUT2D eigenvalue weighted by atomic mass is 16.5. The Kier molecular flexibility index (Phi) is 5.29. The fourth-order valence-electron chi connectivity index (χ4n) is 4.61. The minimum Gasteiger partial charge on any atom is -0.497 e. The van der Waals surface area contributed by atoms with Crippen molar-refractivity contribution in [2.24, 2.45) is 13.0 Å². The predicted octanol–water partition coefficient (Wildman–Crippen LogP) is 6.35. The van der Waals surface area contributed by atoms with Crippen molar-refractivity contribution < 1.29 is 9.47 Å². The van der Waals surface area contributed by atoms with E-state index in [1.165, 1.54) is 23.7 Å². The number of fused-ring (bicyclic) bond motifs is 2. The number of hydrogen-bond donors (Lipinski definition) is 0. The molecule has 0 radical (unpaired) electrons. The van der Waals surface area contributed by atoms with E-state index in [0.717, 1.165) is 51.7 Å².